The monoisotopic (exact) mass is 445 g/mol. The van der Waals surface area contributed by atoms with Crippen LogP contribution in [-0.2, 0) is 9.59 Å². The number of nitrogens with zero attached hydrogens (tertiary/aromatic N) is 1. The second-order valence-corrected chi connectivity index (χ2v) is 7.76. The number of ether oxygens (including phenoxy) is 1. The molecule has 0 spiro atoms. The molecule has 154 valence electrons. The zero-order valence-electron chi connectivity index (χ0n) is 15.9. The van der Waals surface area contributed by atoms with E-state index in [9.17, 15) is 19.2 Å². The summed E-state index contributed by atoms with van der Waals surface area (Å²) in [5.74, 6) is -1.39. The number of thioether (sulfide) groups is 1. The third kappa shape index (κ3) is 4.93. The predicted octanol–water partition coefficient (Wildman–Crippen LogP) is 4.20. The Morgan fingerprint density at radius 2 is 2.17 bits per heavy atom. The minimum Gasteiger partial charge on any atom is -0.495 e. The number of allylic oxidation sites excluding steroid dienone is 1. The van der Waals surface area contributed by atoms with Gasteiger partial charge in [-0.25, -0.2) is 4.39 Å². The van der Waals surface area contributed by atoms with Crippen LogP contribution in [0.3, 0.4) is 0 Å². The second-order valence-electron chi connectivity index (χ2n) is 6.37. The van der Waals surface area contributed by atoms with Gasteiger partial charge in [-0.3, -0.25) is 9.59 Å². The SMILES string of the molecule is COc1ccc([C@@H]2CC(=O)NC(SCC(=O)Nc3ccccc3F)=C2C#N)cc1Cl. The molecule has 2 aromatic rings. The maximum Gasteiger partial charge on any atom is 0.234 e. The lowest BCUT2D eigenvalue weighted by Gasteiger charge is -2.25. The second kappa shape index (κ2) is 9.65. The summed E-state index contributed by atoms with van der Waals surface area (Å²) in [6.07, 6.45) is 0.0804. The summed E-state index contributed by atoms with van der Waals surface area (Å²) in [6.45, 7) is 0. The number of methoxy groups -OCH3 is 1. The van der Waals surface area contributed by atoms with Crippen molar-refractivity contribution in [1.82, 2.24) is 5.32 Å². The number of benzene rings is 2. The molecule has 2 amide bonds. The number of anilines is 1. The first kappa shape index (κ1) is 21.7. The number of carbonyl (C=O) groups excluding carboxylic acids is 2. The maximum absolute atomic E-state index is 13.7. The van der Waals surface area contributed by atoms with Gasteiger partial charge in [0.25, 0.3) is 0 Å². The smallest absolute Gasteiger partial charge is 0.234 e. The Balaban J connectivity index is 1.79. The Morgan fingerprint density at radius 3 is 2.83 bits per heavy atom. The number of hydrogen-bond acceptors (Lipinski definition) is 5. The van der Waals surface area contributed by atoms with E-state index in [2.05, 4.69) is 16.7 Å². The first-order valence-corrected chi connectivity index (χ1v) is 10.2. The molecule has 1 heterocycles. The summed E-state index contributed by atoms with van der Waals surface area (Å²) >= 11 is 7.20. The lowest BCUT2D eigenvalue weighted by Crippen LogP contribution is -2.31. The van der Waals surface area contributed by atoms with E-state index in [1.165, 1.54) is 25.3 Å². The van der Waals surface area contributed by atoms with Crippen molar-refractivity contribution in [2.75, 3.05) is 18.2 Å². The van der Waals surface area contributed by atoms with Gasteiger partial charge < -0.3 is 15.4 Å². The van der Waals surface area contributed by atoms with Crippen molar-refractivity contribution in [3.8, 4) is 11.8 Å². The topological polar surface area (TPSA) is 91.2 Å². The van der Waals surface area contributed by atoms with E-state index < -0.39 is 17.6 Å². The average Bonchev–Trinajstić information content (AvgIpc) is 2.73. The molecular weight excluding hydrogens is 429 g/mol. The van der Waals surface area contributed by atoms with E-state index in [4.69, 9.17) is 16.3 Å². The molecule has 0 fully saturated rings. The maximum atomic E-state index is 13.7. The Kier molecular flexibility index (Phi) is 6.98. The van der Waals surface area contributed by atoms with E-state index in [1.54, 1.807) is 24.3 Å². The molecule has 0 unspecified atom stereocenters. The summed E-state index contributed by atoms with van der Waals surface area (Å²) < 4.78 is 18.8. The molecule has 0 saturated heterocycles. The van der Waals surface area contributed by atoms with E-state index >= 15 is 0 Å². The first-order valence-electron chi connectivity index (χ1n) is 8.87. The minimum absolute atomic E-state index is 0.0658. The van der Waals surface area contributed by atoms with Crippen molar-refractivity contribution in [1.29, 1.82) is 5.26 Å². The molecule has 30 heavy (non-hydrogen) atoms. The van der Waals surface area contributed by atoms with Crippen LogP contribution >= 0.6 is 23.4 Å². The number of nitriles is 1. The molecule has 0 aliphatic carbocycles. The molecule has 0 aromatic heterocycles. The summed E-state index contributed by atoms with van der Waals surface area (Å²) in [7, 11) is 1.50. The first-order chi connectivity index (χ1) is 14.4. The van der Waals surface area contributed by atoms with Gasteiger partial charge in [0.1, 0.15) is 11.6 Å². The van der Waals surface area contributed by atoms with Crippen LogP contribution in [0.1, 0.15) is 17.9 Å². The Morgan fingerprint density at radius 1 is 1.40 bits per heavy atom. The van der Waals surface area contributed by atoms with Crippen LogP contribution in [0.2, 0.25) is 5.02 Å². The molecule has 9 heteroatoms. The van der Waals surface area contributed by atoms with E-state index in [1.807, 2.05) is 0 Å². The Labute approximate surface area is 182 Å². The lowest BCUT2D eigenvalue weighted by atomic mass is 9.87. The van der Waals surface area contributed by atoms with Crippen LogP contribution in [0.15, 0.2) is 53.1 Å². The minimum atomic E-state index is -0.546. The molecule has 1 aliphatic heterocycles. The van der Waals surface area contributed by atoms with Gasteiger partial charge in [-0.05, 0) is 29.8 Å². The number of rotatable bonds is 6. The van der Waals surface area contributed by atoms with Crippen LogP contribution in [0.4, 0.5) is 10.1 Å². The van der Waals surface area contributed by atoms with Gasteiger partial charge in [-0.2, -0.15) is 5.26 Å². The van der Waals surface area contributed by atoms with Crippen LogP contribution in [-0.4, -0.2) is 24.7 Å². The van der Waals surface area contributed by atoms with Gasteiger partial charge >= 0.3 is 0 Å². The number of para-hydroxylation sites is 1. The number of halogens is 2. The van der Waals surface area contributed by atoms with E-state index in [0.29, 0.717) is 26.9 Å². The Bertz CT molecular complexity index is 1070. The van der Waals surface area contributed by atoms with Gasteiger partial charge in [0.15, 0.2) is 0 Å². The van der Waals surface area contributed by atoms with Crippen LogP contribution in [0, 0.1) is 17.1 Å². The van der Waals surface area contributed by atoms with Crippen molar-refractivity contribution < 1.29 is 18.7 Å². The van der Waals surface area contributed by atoms with Crippen molar-refractivity contribution in [3.63, 3.8) is 0 Å². The highest BCUT2D eigenvalue weighted by Gasteiger charge is 2.30. The van der Waals surface area contributed by atoms with E-state index in [-0.39, 0.29) is 23.8 Å². The standard InChI is InChI=1S/C21H17ClFN3O3S/c1-29-18-7-6-12(8-15(18)22)13-9-19(27)26-21(14(13)10-24)30-11-20(28)25-17-5-3-2-4-16(17)23/h2-8,13H,9,11H2,1H3,(H,25,28)(H,26,27)/t13-/m0/s1. The number of nitrogens with one attached hydrogen (secondary N) is 2. The fourth-order valence-electron chi connectivity index (χ4n) is 3.00. The van der Waals surface area contributed by atoms with Crippen LogP contribution < -0.4 is 15.4 Å². The average molecular weight is 446 g/mol. The van der Waals surface area contributed by atoms with Crippen LogP contribution in [0.25, 0.3) is 0 Å². The summed E-state index contributed by atoms with van der Waals surface area (Å²) in [5.41, 5.74) is 1.09. The molecule has 1 atom stereocenters. The van der Waals surface area contributed by atoms with E-state index in [0.717, 1.165) is 11.8 Å². The molecule has 2 aromatic carbocycles. The summed E-state index contributed by atoms with van der Waals surface area (Å²) in [5, 5.41) is 15.5. The fraction of sp³-hybridized carbons (Fsp3) is 0.190. The predicted molar refractivity (Wildman–Crippen MR) is 114 cm³/mol. The number of amides is 2. The fourth-order valence-corrected chi connectivity index (χ4v) is 4.15. The highest BCUT2D eigenvalue weighted by Crippen LogP contribution is 2.38. The summed E-state index contributed by atoms with van der Waals surface area (Å²) in [4.78, 5) is 24.4. The third-order valence-corrected chi connectivity index (χ3v) is 5.74. The molecular formula is C21H17ClFN3O3S. The zero-order chi connectivity index (χ0) is 21.7. The largest absolute Gasteiger partial charge is 0.495 e. The van der Waals surface area contributed by atoms with Gasteiger partial charge in [0, 0.05) is 12.3 Å². The molecule has 3 rings (SSSR count). The molecule has 2 N–H and O–H groups in total. The van der Waals surface area contributed by atoms with Gasteiger partial charge in [-0.15, -0.1) is 0 Å². The van der Waals surface area contributed by atoms with Crippen molar-refractivity contribution in [2.45, 2.75) is 12.3 Å². The number of hydrogen-bond donors (Lipinski definition) is 2. The molecule has 0 saturated carbocycles. The van der Waals surface area contributed by atoms with Crippen molar-refractivity contribution >= 4 is 40.9 Å². The highest BCUT2D eigenvalue weighted by molar-refractivity contribution is 8.03. The van der Waals surface area contributed by atoms with Gasteiger partial charge in [0.05, 0.1) is 40.2 Å². The normalized spacial score (nSPS) is 15.9. The summed E-state index contributed by atoms with van der Waals surface area (Å²) in [6, 6.07) is 13.0. The lowest BCUT2D eigenvalue weighted by molar-refractivity contribution is -0.121. The molecule has 6 nitrogen and oxygen atoms in total. The highest BCUT2D eigenvalue weighted by atomic mass is 35.5. The van der Waals surface area contributed by atoms with Crippen molar-refractivity contribution in [3.05, 3.63) is 69.5 Å². The molecule has 0 radical (unpaired) electrons. The van der Waals surface area contributed by atoms with Gasteiger partial charge in [0.2, 0.25) is 11.8 Å². The third-order valence-electron chi connectivity index (χ3n) is 4.43. The van der Waals surface area contributed by atoms with Gasteiger partial charge in [-0.1, -0.05) is 41.6 Å². The van der Waals surface area contributed by atoms with Crippen molar-refractivity contribution in [2.24, 2.45) is 0 Å². The van der Waals surface area contributed by atoms with Crippen LogP contribution in [0.5, 0.6) is 5.75 Å². The Hall–Kier alpha value is -3.02. The zero-order valence-corrected chi connectivity index (χ0v) is 17.4. The number of carbonyl (C=O) groups is 2. The molecule has 1 aliphatic rings. The molecule has 0 bridgehead atoms. The quantitative estimate of drug-likeness (QED) is 0.695.